The second-order valence-corrected chi connectivity index (χ2v) is 7.34. The van der Waals surface area contributed by atoms with Crippen molar-refractivity contribution >= 4 is 29.3 Å². The molecule has 2 heterocycles. The third kappa shape index (κ3) is 4.27. The molecule has 1 aliphatic rings. The molecule has 128 valence electrons. The van der Waals surface area contributed by atoms with Gasteiger partial charge in [0.05, 0.1) is 5.75 Å². The van der Waals surface area contributed by atoms with Gasteiger partial charge >= 0.3 is 0 Å². The number of aryl methyl sites for hydroxylation is 1. The van der Waals surface area contributed by atoms with Gasteiger partial charge in [0.2, 0.25) is 11.1 Å². The van der Waals surface area contributed by atoms with Crippen LogP contribution in [0.4, 0.5) is 0 Å². The molecule has 1 amide bonds. The van der Waals surface area contributed by atoms with Crippen molar-refractivity contribution in [2.24, 2.45) is 7.05 Å². The first-order valence-electron chi connectivity index (χ1n) is 8.02. The molecule has 1 aliphatic heterocycles. The molecule has 1 unspecified atom stereocenters. The lowest BCUT2D eigenvalue weighted by Crippen LogP contribution is -2.35. The number of rotatable bonds is 4. The van der Waals surface area contributed by atoms with Gasteiger partial charge in [-0.1, -0.05) is 41.9 Å². The highest BCUT2D eigenvalue weighted by atomic mass is 35.5. The average molecular weight is 366 g/mol. The molecular formula is C16H20ClN5OS. The summed E-state index contributed by atoms with van der Waals surface area (Å²) in [7, 11) is 1.77. The van der Waals surface area contributed by atoms with Crippen molar-refractivity contribution < 1.29 is 4.79 Å². The Balaban J connectivity index is 1.62. The first kappa shape index (κ1) is 17.2. The number of nitrogens with zero attached hydrogens (tertiary/aromatic N) is 5. The zero-order valence-electron chi connectivity index (χ0n) is 13.6. The number of thioether (sulfide) groups is 1. The fourth-order valence-corrected chi connectivity index (χ4v) is 3.82. The molecule has 0 spiro atoms. The van der Waals surface area contributed by atoms with Crippen LogP contribution in [0.3, 0.4) is 0 Å². The van der Waals surface area contributed by atoms with Crippen LogP contribution in [0.5, 0.6) is 0 Å². The van der Waals surface area contributed by atoms with Crippen LogP contribution >= 0.6 is 23.4 Å². The Morgan fingerprint density at radius 3 is 2.83 bits per heavy atom. The molecule has 1 saturated heterocycles. The number of likely N-dealkylation sites (tertiary alicyclic amines) is 1. The molecule has 3 rings (SSSR count). The van der Waals surface area contributed by atoms with Gasteiger partial charge in [0.15, 0.2) is 0 Å². The number of hydrogen-bond acceptors (Lipinski definition) is 5. The number of hydrogen-bond donors (Lipinski definition) is 0. The third-order valence-corrected chi connectivity index (χ3v) is 5.52. The average Bonchev–Trinajstić information content (AvgIpc) is 2.84. The maximum Gasteiger partial charge on any atom is 0.233 e. The van der Waals surface area contributed by atoms with E-state index in [4.69, 9.17) is 11.6 Å². The summed E-state index contributed by atoms with van der Waals surface area (Å²) in [6.07, 6.45) is 3.29. The highest BCUT2D eigenvalue weighted by Gasteiger charge is 2.23. The van der Waals surface area contributed by atoms with Crippen LogP contribution in [-0.2, 0) is 11.8 Å². The van der Waals surface area contributed by atoms with E-state index in [1.807, 2.05) is 17.0 Å². The number of halogens is 1. The van der Waals surface area contributed by atoms with E-state index in [-0.39, 0.29) is 5.91 Å². The lowest BCUT2D eigenvalue weighted by molar-refractivity contribution is -0.128. The van der Waals surface area contributed by atoms with Crippen LogP contribution in [0.1, 0.15) is 30.7 Å². The molecule has 6 nitrogen and oxygen atoms in total. The van der Waals surface area contributed by atoms with Crippen LogP contribution < -0.4 is 0 Å². The number of carbonyl (C=O) groups excluding carboxylic acids is 1. The number of tetrazole rings is 1. The van der Waals surface area contributed by atoms with E-state index in [9.17, 15) is 4.79 Å². The van der Waals surface area contributed by atoms with Gasteiger partial charge in [-0.25, -0.2) is 4.68 Å². The topological polar surface area (TPSA) is 63.9 Å². The molecule has 0 N–H and O–H groups in total. The van der Waals surface area contributed by atoms with Crippen LogP contribution in [0.25, 0.3) is 0 Å². The van der Waals surface area contributed by atoms with Gasteiger partial charge in [-0.2, -0.15) is 0 Å². The van der Waals surface area contributed by atoms with E-state index >= 15 is 0 Å². The predicted molar refractivity (Wildman–Crippen MR) is 94.1 cm³/mol. The quantitative estimate of drug-likeness (QED) is 0.779. The lowest BCUT2D eigenvalue weighted by Gasteiger charge is -2.24. The minimum absolute atomic E-state index is 0.142. The van der Waals surface area contributed by atoms with E-state index in [1.54, 1.807) is 11.7 Å². The molecule has 1 fully saturated rings. The van der Waals surface area contributed by atoms with Crippen LogP contribution in [0.2, 0.25) is 5.02 Å². The summed E-state index contributed by atoms with van der Waals surface area (Å²) in [6, 6.07) is 7.98. The Morgan fingerprint density at radius 1 is 1.33 bits per heavy atom. The molecule has 1 aromatic carbocycles. The van der Waals surface area contributed by atoms with E-state index in [1.165, 1.54) is 17.3 Å². The highest BCUT2D eigenvalue weighted by molar-refractivity contribution is 7.99. The standard InChI is InChI=1S/C16H20ClN5OS/c1-21-16(18-19-20-21)24-11-15(23)22-9-3-2-4-13(10-22)12-5-7-14(17)8-6-12/h5-8,13H,2-4,9-11H2,1H3. The molecule has 0 saturated carbocycles. The largest absolute Gasteiger partial charge is 0.341 e. The summed E-state index contributed by atoms with van der Waals surface area (Å²) in [5, 5.41) is 12.7. The van der Waals surface area contributed by atoms with Gasteiger partial charge in [0.1, 0.15) is 0 Å². The Bertz CT molecular complexity index is 690. The van der Waals surface area contributed by atoms with Gasteiger partial charge in [-0.15, -0.1) is 5.10 Å². The molecule has 1 aromatic heterocycles. The number of amides is 1. The first-order chi connectivity index (χ1) is 11.6. The first-order valence-corrected chi connectivity index (χ1v) is 9.38. The van der Waals surface area contributed by atoms with Crippen molar-refractivity contribution in [1.29, 1.82) is 0 Å². The second-order valence-electron chi connectivity index (χ2n) is 5.96. The Labute approximate surface area is 150 Å². The van der Waals surface area contributed by atoms with E-state index in [0.717, 1.165) is 37.4 Å². The zero-order chi connectivity index (χ0) is 16.9. The van der Waals surface area contributed by atoms with Gasteiger partial charge < -0.3 is 4.90 Å². The Morgan fingerprint density at radius 2 is 2.12 bits per heavy atom. The van der Waals surface area contributed by atoms with Gasteiger partial charge in [-0.3, -0.25) is 4.79 Å². The Hall–Kier alpha value is -1.60. The van der Waals surface area contributed by atoms with Gasteiger partial charge in [-0.05, 0) is 41.0 Å². The third-order valence-electron chi connectivity index (χ3n) is 4.27. The second kappa shape index (κ2) is 7.98. The number of carbonyl (C=O) groups is 1. The number of aromatic nitrogens is 4. The van der Waals surface area contributed by atoms with Crippen molar-refractivity contribution in [3.8, 4) is 0 Å². The van der Waals surface area contributed by atoms with Crippen LogP contribution in [0.15, 0.2) is 29.4 Å². The van der Waals surface area contributed by atoms with E-state index < -0.39 is 0 Å². The van der Waals surface area contributed by atoms with Crippen molar-refractivity contribution in [2.75, 3.05) is 18.8 Å². The molecule has 0 bridgehead atoms. The summed E-state index contributed by atoms with van der Waals surface area (Å²) in [6.45, 7) is 1.58. The molecular weight excluding hydrogens is 346 g/mol. The molecule has 24 heavy (non-hydrogen) atoms. The maximum atomic E-state index is 12.6. The van der Waals surface area contributed by atoms with Crippen LogP contribution in [-0.4, -0.2) is 49.9 Å². The van der Waals surface area contributed by atoms with Crippen molar-refractivity contribution in [1.82, 2.24) is 25.1 Å². The SMILES string of the molecule is Cn1nnnc1SCC(=O)N1CCCCC(c2ccc(Cl)cc2)C1. The van der Waals surface area contributed by atoms with Crippen LogP contribution in [0, 0.1) is 0 Å². The molecule has 8 heteroatoms. The van der Waals surface area contributed by atoms with E-state index in [2.05, 4.69) is 27.7 Å². The van der Waals surface area contributed by atoms with Gasteiger partial charge in [0, 0.05) is 31.1 Å². The van der Waals surface area contributed by atoms with E-state index in [0.29, 0.717) is 16.8 Å². The molecule has 2 aromatic rings. The minimum atomic E-state index is 0.142. The predicted octanol–water partition coefficient (Wildman–Crippen LogP) is 2.75. The monoisotopic (exact) mass is 365 g/mol. The summed E-state index contributed by atoms with van der Waals surface area (Å²) in [4.78, 5) is 14.6. The zero-order valence-corrected chi connectivity index (χ0v) is 15.1. The van der Waals surface area contributed by atoms with Crippen molar-refractivity contribution in [3.05, 3.63) is 34.9 Å². The Kier molecular flexibility index (Phi) is 5.73. The molecule has 1 atom stereocenters. The van der Waals surface area contributed by atoms with Crippen molar-refractivity contribution in [3.63, 3.8) is 0 Å². The fourth-order valence-electron chi connectivity index (χ4n) is 2.94. The lowest BCUT2D eigenvalue weighted by atomic mass is 9.94. The summed E-state index contributed by atoms with van der Waals surface area (Å²) < 4.78 is 1.58. The van der Waals surface area contributed by atoms with Crippen molar-refractivity contribution in [2.45, 2.75) is 30.3 Å². The molecule has 0 radical (unpaired) electrons. The normalized spacial score (nSPS) is 18.4. The number of benzene rings is 1. The molecule has 0 aliphatic carbocycles. The summed E-state index contributed by atoms with van der Waals surface area (Å²) in [5.74, 6) is 0.876. The summed E-state index contributed by atoms with van der Waals surface area (Å²) in [5.41, 5.74) is 1.25. The fraction of sp³-hybridized carbons (Fsp3) is 0.500. The highest BCUT2D eigenvalue weighted by Crippen LogP contribution is 2.28. The maximum absolute atomic E-state index is 12.6. The summed E-state index contributed by atoms with van der Waals surface area (Å²) >= 11 is 7.36. The minimum Gasteiger partial charge on any atom is -0.341 e. The van der Waals surface area contributed by atoms with Gasteiger partial charge in [0.25, 0.3) is 0 Å². The smallest absolute Gasteiger partial charge is 0.233 e.